The van der Waals surface area contributed by atoms with Gasteiger partial charge >= 0.3 is 0 Å². The molecule has 2 heterocycles. The average molecular weight is 404 g/mol. The lowest BCUT2D eigenvalue weighted by molar-refractivity contribution is 0.0947. The Bertz CT molecular complexity index is 802. The SMILES string of the molecule is COc1ccc(NC(=O)c2nnc(C(=O)NCC[C@H](C)N3CCCC3)s2)cc1. The zero-order chi connectivity index (χ0) is 19.9. The van der Waals surface area contributed by atoms with Crippen LogP contribution in [0, 0.1) is 0 Å². The summed E-state index contributed by atoms with van der Waals surface area (Å²) in [4.78, 5) is 27.0. The maximum atomic E-state index is 12.3. The third kappa shape index (κ3) is 5.26. The Hall–Kier alpha value is -2.52. The molecule has 0 unspecified atom stereocenters. The van der Waals surface area contributed by atoms with Gasteiger partial charge in [0, 0.05) is 18.3 Å². The highest BCUT2D eigenvalue weighted by Crippen LogP contribution is 2.17. The number of nitrogens with one attached hydrogen (secondary N) is 2. The standard InChI is InChI=1S/C19H25N5O3S/c1-13(24-11-3-4-12-24)9-10-20-16(25)18-22-23-19(28-18)17(26)21-14-5-7-15(27-2)8-6-14/h5-8,13H,3-4,9-12H2,1-2H3,(H,20,25)(H,21,26)/t13-/m0/s1. The van der Waals surface area contributed by atoms with Gasteiger partial charge in [0.05, 0.1) is 7.11 Å². The molecular formula is C19H25N5O3S. The lowest BCUT2D eigenvalue weighted by atomic mass is 10.2. The van der Waals surface area contributed by atoms with E-state index in [1.54, 1.807) is 31.4 Å². The van der Waals surface area contributed by atoms with Gasteiger partial charge in [0.2, 0.25) is 10.0 Å². The number of anilines is 1. The van der Waals surface area contributed by atoms with Crippen LogP contribution >= 0.6 is 11.3 Å². The molecule has 0 aliphatic carbocycles. The molecule has 1 aliphatic heterocycles. The predicted octanol–water partition coefficient (Wildman–Crippen LogP) is 2.40. The molecule has 0 radical (unpaired) electrons. The molecule has 1 aromatic heterocycles. The van der Waals surface area contributed by atoms with Crippen molar-refractivity contribution in [1.29, 1.82) is 0 Å². The summed E-state index contributed by atoms with van der Waals surface area (Å²) >= 11 is 0.979. The minimum absolute atomic E-state index is 0.145. The van der Waals surface area contributed by atoms with Crippen molar-refractivity contribution in [3.63, 3.8) is 0 Å². The van der Waals surface area contributed by atoms with Crippen molar-refractivity contribution < 1.29 is 14.3 Å². The summed E-state index contributed by atoms with van der Waals surface area (Å²) in [5.41, 5.74) is 0.614. The summed E-state index contributed by atoms with van der Waals surface area (Å²) in [6.45, 7) is 5.03. The van der Waals surface area contributed by atoms with Gasteiger partial charge in [-0.05, 0) is 63.5 Å². The molecule has 28 heavy (non-hydrogen) atoms. The van der Waals surface area contributed by atoms with Crippen LogP contribution in [-0.4, -0.2) is 59.7 Å². The summed E-state index contributed by atoms with van der Waals surface area (Å²) in [5, 5.41) is 13.6. The Labute approximate surface area is 168 Å². The molecule has 0 bridgehead atoms. The molecule has 2 amide bonds. The average Bonchev–Trinajstić information content (AvgIpc) is 3.40. The lowest BCUT2D eigenvalue weighted by Crippen LogP contribution is -2.34. The summed E-state index contributed by atoms with van der Waals surface area (Å²) in [5.74, 6) is 0.00547. The molecule has 1 aromatic carbocycles. The van der Waals surface area contributed by atoms with Crippen LogP contribution in [-0.2, 0) is 0 Å². The predicted molar refractivity (Wildman–Crippen MR) is 108 cm³/mol. The van der Waals surface area contributed by atoms with Crippen molar-refractivity contribution in [2.75, 3.05) is 32.1 Å². The van der Waals surface area contributed by atoms with E-state index in [4.69, 9.17) is 4.74 Å². The lowest BCUT2D eigenvalue weighted by Gasteiger charge is -2.23. The van der Waals surface area contributed by atoms with E-state index in [0.29, 0.717) is 24.0 Å². The minimum atomic E-state index is -0.399. The quantitative estimate of drug-likeness (QED) is 0.703. The van der Waals surface area contributed by atoms with Crippen molar-refractivity contribution in [3.8, 4) is 5.75 Å². The first-order chi connectivity index (χ1) is 13.6. The van der Waals surface area contributed by atoms with Crippen molar-refractivity contribution in [3.05, 3.63) is 34.3 Å². The van der Waals surface area contributed by atoms with E-state index in [1.165, 1.54) is 12.8 Å². The molecular weight excluding hydrogens is 378 g/mol. The fraction of sp³-hybridized carbons (Fsp3) is 0.474. The normalized spacial score (nSPS) is 15.2. The first-order valence-corrected chi connectivity index (χ1v) is 10.2. The topological polar surface area (TPSA) is 96.5 Å². The van der Waals surface area contributed by atoms with Gasteiger partial charge in [-0.25, -0.2) is 0 Å². The van der Waals surface area contributed by atoms with E-state index in [1.807, 2.05) is 0 Å². The molecule has 1 atom stereocenters. The Morgan fingerprint density at radius 1 is 1.14 bits per heavy atom. The van der Waals surface area contributed by atoms with Gasteiger partial charge in [-0.3, -0.25) is 9.59 Å². The van der Waals surface area contributed by atoms with Gasteiger partial charge in [-0.1, -0.05) is 11.3 Å². The highest BCUT2D eigenvalue weighted by molar-refractivity contribution is 7.15. The number of methoxy groups -OCH3 is 1. The van der Waals surface area contributed by atoms with Gasteiger partial charge < -0.3 is 20.3 Å². The summed E-state index contributed by atoms with van der Waals surface area (Å²) in [6.07, 6.45) is 3.39. The van der Waals surface area contributed by atoms with Gasteiger partial charge in [0.1, 0.15) is 5.75 Å². The number of aromatic nitrogens is 2. The van der Waals surface area contributed by atoms with Gasteiger partial charge in [-0.2, -0.15) is 0 Å². The van der Waals surface area contributed by atoms with E-state index in [-0.39, 0.29) is 15.9 Å². The number of likely N-dealkylation sites (tertiary alicyclic amines) is 1. The zero-order valence-corrected chi connectivity index (χ0v) is 16.9. The second kappa shape index (κ2) is 9.61. The van der Waals surface area contributed by atoms with Crippen LogP contribution in [0.15, 0.2) is 24.3 Å². The molecule has 8 nitrogen and oxygen atoms in total. The number of hydrogen-bond donors (Lipinski definition) is 2. The van der Waals surface area contributed by atoms with E-state index in [2.05, 4.69) is 32.7 Å². The molecule has 1 fully saturated rings. The number of amides is 2. The van der Waals surface area contributed by atoms with Crippen molar-refractivity contribution in [2.45, 2.75) is 32.2 Å². The summed E-state index contributed by atoms with van der Waals surface area (Å²) < 4.78 is 5.08. The number of benzene rings is 1. The Balaban J connectivity index is 1.47. The Morgan fingerprint density at radius 2 is 1.79 bits per heavy atom. The molecule has 0 saturated carbocycles. The number of rotatable bonds is 8. The maximum absolute atomic E-state index is 12.3. The van der Waals surface area contributed by atoms with Crippen LogP contribution in [0.3, 0.4) is 0 Å². The zero-order valence-electron chi connectivity index (χ0n) is 16.1. The van der Waals surface area contributed by atoms with Crippen molar-refractivity contribution in [1.82, 2.24) is 20.4 Å². The summed E-state index contributed by atoms with van der Waals surface area (Å²) in [6, 6.07) is 7.40. The molecule has 1 saturated heterocycles. The minimum Gasteiger partial charge on any atom is -0.497 e. The van der Waals surface area contributed by atoms with Crippen molar-refractivity contribution in [2.24, 2.45) is 0 Å². The molecule has 9 heteroatoms. The van der Waals surface area contributed by atoms with Crippen LogP contribution in [0.5, 0.6) is 5.75 Å². The van der Waals surface area contributed by atoms with Crippen LogP contribution < -0.4 is 15.4 Å². The third-order valence-electron chi connectivity index (χ3n) is 4.77. The number of carbonyl (C=O) groups excluding carboxylic acids is 2. The summed E-state index contributed by atoms with van der Waals surface area (Å²) in [7, 11) is 1.58. The molecule has 1 aliphatic rings. The number of nitrogens with zero attached hydrogens (tertiary/aromatic N) is 3. The third-order valence-corrected chi connectivity index (χ3v) is 5.69. The fourth-order valence-electron chi connectivity index (χ4n) is 3.10. The van der Waals surface area contributed by atoms with Crippen LogP contribution in [0.25, 0.3) is 0 Å². The van der Waals surface area contributed by atoms with Gasteiger partial charge in [-0.15, -0.1) is 10.2 Å². The molecule has 0 spiro atoms. The highest BCUT2D eigenvalue weighted by atomic mass is 32.1. The van der Waals surface area contributed by atoms with Crippen LogP contribution in [0.2, 0.25) is 0 Å². The van der Waals surface area contributed by atoms with Gasteiger partial charge in [0.15, 0.2) is 0 Å². The Morgan fingerprint density at radius 3 is 2.43 bits per heavy atom. The maximum Gasteiger partial charge on any atom is 0.286 e. The van der Waals surface area contributed by atoms with Gasteiger partial charge in [0.25, 0.3) is 11.8 Å². The second-order valence-corrected chi connectivity index (χ2v) is 7.71. The first kappa shape index (κ1) is 20.2. The van der Waals surface area contributed by atoms with E-state index in [0.717, 1.165) is 30.8 Å². The van der Waals surface area contributed by atoms with Crippen LogP contribution in [0.1, 0.15) is 45.8 Å². The van der Waals surface area contributed by atoms with E-state index >= 15 is 0 Å². The fourth-order valence-corrected chi connectivity index (χ4v) is 3.76. The number of carbonyl (C=O) groups is 2. The molecule has 150 valence electrons. The first-order valence-electron chi connectivity index (χ1n) is 9.38. The molecule has 2 N–H and O–H groups in total. The molecule has 3 rings (SSSR count). The second-order valence-electron chi connectivity index (χ2n) is 6.73. The number of hydrogen-bond acceptors (Lipinski definition) is 7. The Kier molecular flexibility index (Phi) is 6.94. The number of ether oxygens (including phenoxy) is 1. The van der Waals surface area contributed by atoms with E-state index < -0.39 is 5.91 Å². The largest absolute Gasteiger partial charge is 0.497 e. The van der Waals surface area contributed by atoms with Crippen molar-refractivity contribution >= 4 is 28.8 Å². The van der Waals surface area contributed by atoms with Crippen LogP contribution in [0.4, 0.5) is 5.69 Å². The smallest absolute Gasteiger partial charge is 0.286 e. The monoisotopic (exact) mass is 403 g/mol. The van der Waals surface area contributed by atoms with E-state index in [9.17, 15) is 9.59 Å². The molecule has 2 aromatic rings. The highest BCUT2D eigenvalue weighted by Gasteiger charge is 2.20.